The third kappa shape index (κ3) is 2.65. The molecular weight excluding hydrogens is 212 g/mol. The second-order valence-corrected chi connectivity index (χ2v) is 3.83. The largest absolute Gasteiger partial charge is 0.316 e. The summed E-state index contributed by atoms with van der Waals surface area (Å²) < 4.78 is 0. The van der Waals surface area contributed by atoms with Crippen LogP contribution in [0.5, 0.6) is 0 Å². The Hall–Kier alpha value is -1.81. The Morgan fingerprint density at radius 3 is 2.59 bits per heavy atom. The van der Waals surface area contributed by atoms with Gasteiger partial charge in [-0.2, -0.15) is 0 Å². The number of pyridine rings is 1. The standard InChI is InChI=1S/C13H16N4/c1-3-11-9-15-5-4-12(11)13-16-7-10(6-14-2)8-17-13/h4-5,7-9,14H,3,6H2,1-2H3. The second-order valence-electron chi connectivity index (χ2n) is 3.83. The zero-order valence-corrected chi connectivity index (χ0v) is 10.1. The topological polar surface area (TPSA) is 50.7 Å². The molecule has 0 saturated carbocycles. The van der Waals surface area contributed by atoms with Crippen LogP contribution in [0.25, 0.3) is 11.4 Å². The molecule has 4 heteroatoms. The molecule has 0 bridgehead atoms. The number of hydrogen-bond donors (Lipinski definition) is 1. The number of hydrogen-bond acceptors (Lipinski definition) is 4. The van der Waals surface area contributed by atoms with Gasteiger partial charge in [0.25, 0.3) is 0 Å². The van der Waals surface area contributed by atoms with Gasteiger partial charge in [-0.1, -0.05) is 6.92 Å². The minimum atomic E-state index is 0.768. The van der Waals surface area contributed by atoms with E-state index in [-0.39, 0.29) is 0 Å². The highest BCUT2D eigenvalue weighted by molar-refractivity contribution is 5.58. The predicted octanol–water partition coefficient (Wildman–Crippen LogP) is 1.82. The summed E-state index contributed by atoms with van der Waals surface area (Å²) in [7, 11) is 1.91. The fraction of sp³-hybridized carbons (Fsp3) is 0.308. The molecule has 2 aromatic heterocycles. The molecule has 0 aliphatic carbocycles. The molecule has 0 fully saturated rings. The minimum absolute atomic E-state index is 0.768. The first-order chi connectivity index (χ1) is 8.35. The lowest BCUT2D eigenvalue weighted by Crippen LogP contribution is -2.06. The van der Waals surface area contributed by atoms with Crippen LogP contribution in [0.15, 0.2) is 30.9 Å². The summed E-state index contributed by atoms with van der Waals surface area (Å²) >= 11 is 0. The van der Waals surface area contributed by atoms with Crippen LogP contribution < -0.4 is 5.32 Å². The molecule has 2 heterocycles. The summed E-state index contributed by atoms with van der Waals surface area (Å²) in [6, 6.07) is 1.96. The average Bonchev–Trinajstić information content (AvgIpc) is 2.40. The van der Waals surface area contributed by atoms with Gasteiger partial charge < -0.3 is 5.32 Å². The Bertz CT molecular complexity index is 479. The van der Waals surface area contributed by atoms with E-state index in [1.165, 1.54) is 5.56 Å². The van der Waals surface area contributed by atoms with E-state index < -0.39 is 0 Å². The Morgan fingerprint density at radius 1 is 1.18 bits per heavy atom. The van der Waals surface area contributed by atoms with Gasteiger partial charge in [0.05, 0.1) is 0 Å². The summed E-state index contributed by atoms with van der Waals surface area (Å²) in [6.45, 7) is 2.90. The second kappa shape index (κ2) is 5.50. The van der Waals surface area contributed by atoms with Gasteiger partial charge >= 0.3 is 0 Å². The summed E-state index contributed by atoms with van der Waals surface area (Å²) in [5.74, 6) is 0.768. The molecule has 0 unspecified atom stereocenters. The molecule has 0 radical (unpaired) electrons. The fourth-order valence-corrected chi connectivity index (χ4v) is 1.72. The monoisotopic (exact) mass is 228 g/mol. The van der Waals surface area contributed by atoms with Crippen LogP contribution in [0, 0.1) is 0 Å². The van der Waals surface area contributed by atoms with Crippen LogP contribution in [-0.4, -0.2) is 22.0 Å². The van der Waals surface area contributed by atoms with Gasteiger partial charge in [0.1, 0.15) is 0 Å². The third-order valence-electron chi connectivity index (χ3n) is 2.61. The minimum Gasteiger partial charge on any atom is -0.316 e. The van der Waals surface area contributed by atoms with Gasteiger partial charge in [-0.05, 0) is 25.1 Å². The van der Waals surface area contributed by atoms with Crippen molar-refractivity contribution in [2.45, 2.75) is 19.9 Å². The van der Waals surface area contributed by atoms with Gasteiger partial charge in [0.15, 0.2) is 5.82 Å². The van der Waals surface area contributed by atoms with Crippen LogP contribution >= 0.6 is 0 Å². The van der Waals surface area contributed by atoms with Gasteiger partial charge in [-0.3, -0.25) is 4.98 Å². The molecule has 0 spiro atoms. The van der Waals surface area contributed by atoms with Crippen LogP contribution in [0.4, 0.5) is 0 Å². The smallest absolute Gasteiger partial charge is 0.159 e. The number of aromatic nitrogens is 3. The van der Waals surface area contributed by atoms with Crippen molar-refractivity contribution >= 4 is 0 Å². The van der Waals surface area contributed by atoms with Crippen LogP contribution in [0.3, 0.4) is 0 Å². The van der Waals surface area contributed by atoms with Crippen molar-refractivity contribution in [3.8, 4) is 11.4 Å². The molecule has 0 aliphatic rings. The van der Waals surface area contributed by atoms with E-state index in [2.05, 4.69) is 27.2 Å². The number of nitrogens with one attached hydrogen (secondary N) is 1. The van der Waals surface area contributed by atoms with E-state index in [1.54, 1.807) is 6.20 Å². The molecular formula is C13H16N4. The Balaban J connectivity index is 2.33. The van der Waals surface area contributed by atoms with Crippen molar-refractivity contribution in [2.75, 3.05) is 7.05 Å². The third-order valence-corrected chi connectivity index (χ3v) is 2.61. The molecule has 0 atom stereocenters. The molecule has 17 heavy (non-hydrogen) atoms. The lowest BCUT2D eigenvalue weighted by molar-refractivity contribution is 0.807. The molecule has 2 aromatic rings. The fourth-order valence-electron chi connectivity index (χ4n) is 1.72. The molecule has 0 aliphatic heterocycles. The number of aryl methyl sites for hydroxylation is 1. The molecule has 4 nitrogen and oxygen atoms in total. The van der Waals surface area contributed by atoms with E-state index in [4.69, 9.17) is 0 Å². The maximum absolute atomic E-state index is 4.40. The molecule has 0 saturated heterocycles. The summed E-state index contributed by atoms with van der Waals surface area (Å²) in [4.78, 5) is 12.9. The normalized spacial score (nSPS) is 10.5. The summed E-state index contributed by atoms with van der Waals surface area (Å²) in [5, 5.41) is 3.08. The van der Waals surface area contributed by atoms with E-state index in [0.717, 1.165) is 29.9 Å². The molecule has 0 amide bonds. The Morgan fingerprint density at radius 2 is 1.94 bits per heavy atom. The molecule has 2 rings (SSSR count). The number of rotatable bonds is 4. The van der Waals surface area contributed by atoms with Crippen LogP contribution in [-0.2, 0) is 13.0 Å². The lowest BCUT2D eigenvalue weighted by Gasteiger charge is -2.06. The first-order valence-corrected chi connectivity index (χ1v) is 5.74. The zero-order chi connectivity index (χ0) is 12.1. The van der Waals surface area contributed by atoms with Crippen molar-refractivity contribution in [1.29, 1.82) is 0 Å². The van der Waals surface area contributed by atoms with Crippen molar-refractivity contribution in [2.24, 2.45) is 0 Å². The summed E-state index contributed by atoms with van der Waals surface area (Å²) in [5.41, 5.74) is 3.33. The SMILES string of the molecule is CCc1cnccc1-c1ncc(CNC)cn1. The summed E-state index contributed by atoms with van der Waals surface area (Å²) in [6.07, 6.45) is 8.31. The quantitative estimate of drug-likeness (QED) is 0.867. The maximum atomic E-state index is 4.40. The Kier molecular flexibility index (Phi) is 3.77. The first-order valence-electron chi connectivity index (χ1n) is 5.74. The predicted molar refractivity (Wildman–Crippen MR) is 67.4 cm³/mol. The average molecular weight is 228 g/mol. The van der Waals surface area contributed by atoms with Crippen molar-refractivity contribution in [3.05, 3.63) is 42.0 Å². The van der Waals surface area contributed by atoms with Crippen molar-refractivity contribution < 1.29 is 0 Å². The molecule has 88 valence electrons. The van der Waals surface area contributed by atoms with E-state index in [1.807, 2.05) is 31.7 Å². The highest BCUT2D eigenvalue weighted by Crippen LogP contribution is 2.19. The van der Waals surface area contributed by atoms with Gasteiger partial charge in [0.2, 0.25) is 0 Å². The van der Waals surface area contributed by atoms with Gasteiger partial charge in [-0.25, -0.2) is 9.97 Å². The molecule has 0 aromatic carbocycles. The van der Waals surface area contributed by atoms with Crippen molar-refractivity contribution in [1.82, 2.24) is 20.3 Å². The first kappa shape index (κ1) is 11.7. The lowest BCUT2D eigenvalue weighted by atomic mass is 10.1. The number of nitrogens with zero attached hydrogens (tertiary/aromatic N) is 3. The van der Waals surface area contributed by atoms with Gasteiger partial charge in [0, 0.05) is 42.5 Å². The highest BCUT2D eigenvalue weighted by Gasteiger charge is 2.06. The van der Waals surface area contributed by atoms with E-state index in [0.29, 0.717) is 0 Å². The Labute approximate surface area is 101 Å². The van der Waals surface area contributed by atoms with Gasteiger partial charge in [-0.15, -0.1) is 0 Å². The van der Waals surface area contributed by atoms with Crippen molar-refractivity contribution in [3.63, 3.8) is 0 Å². The van der Waals surface area contributed by atoms with Crippen LogP contribution in [0.2, 0.25) is 0 Å². The van der Waals surface area contributed by atoms with E-state index >= 15 is 0 Å². The van der Waals surface area contributed by atoms with Crippen LogP contribution in [0.1, 0.15) is 18.1 Å². The zero-order valence-electron chi connectivity index (χ0n) is 10.1. The maximum Gasteiger partial charge on any atom is 0.159 e. The highest BCUT2D eigenvalue weighted by atomic mass is 14.9. The van der Waals surface area contributed by atoms with E-state index in [9.17, 15) is 0 Å². The molecule has 1 N–H and O–H groups in total.